The first-order valence-corrected chi connectivity index (χ1v) is 12.2. The van der Waals surface area contributed by atoms with E-state index in [-0.39, 0.29) is 23.5 Å². The summed E-state index contributed by atoms with van der Waals surface area (Å²) in [6, 6.07) is 17.6. The molecule has 0 saturated carbocycles. The molecule has 2 aliphatic rings. The van der Waals surface area contributed by atoms with Gasteiger partial charge in [-0.3, -0.25) is 0 Å². The van der Waals surface area contributed by atoms with Gasteiger partial charge in [-0.1, -0.05) is 82.3 Å². The van der Waals surface area contributed by atoms with Gasteiger partial charge in [0.15, 0.2) is 0 Å². The van der Waals surface area contributed by atoms with E-state index in [1.165, 1.54) is 28.2 Å². The van der Waals surface area contributed by atoms with Crippen LogP contribution in [-0.4, -0.2) is 30.8 Å². The Bertz CT molecular complexity index is 1110. The molecule has 1 atom stereocenters. The fourth-order valence-electron chi connectivity index (χ4n) is 5.72. The number of aliphatic hydroxyl groups is 1. The first-order chi connectivity index (χ1) is 15.8. The minimum atomic E-state index is -0.0680. The number of anilines is 2. The number of rotatable bonds is 6. The molecule has 0 amide bonds. The zero-order chi connectivity index (χ0) is 23.8. The summed E-state index contributed by atoms with van der Waals surface area (Å²) in [5.41, 5.74) is 7.49. The molecule has 4 rings (SSSR count). The van der Waals surface area contributed by atoms with E-state index in [0.717, 1.165) is 18.7 Å². The lowest BCUT2D eigenvalue weighted by Crippen LogP contribution is -2.39. The fourth-order valence-corrected chi connectivity index (χ4v) is 5.72. The zero-order valence-electron chi connectivity index (χ0n) is 21.0. The maximum Gasteiger partial charge on any atom is 0.0681 e. The third kappa shape index (κ3) is 3.83. The number of fused-ring (bicyclic) bond motifs is 2. The van der Waals surface area contributed by atoms with Crippen LogP contribution in [0.2, 0.25) is 0 Å². The van der Waals surface area contributed by atoms with Crippen molar-refractivity contribution in [2.75, 3.05) is 29.5 Å². The Balaban J connectivity index is 1.65. The molecule has 1 unspecified atom stereocenters. The van der Waals surface area contributed by atoms with Crippen molar-refractivity contribution in [1.82, 2.24) is 0 Å². The van der Waals surface area contributed by atoms with Gasteiger partial charge in [-0.05, 0) is 48.8 Å². The highest BCUT2D eigenvalue weighted by Crippen LogP contribution is 2.48. The van der Waals surface area contributed by atoms with Crippen LogP contribution in [0.25, 0.3) is 0 Å². The summed E-state index contributed by atoms with van der Waals surface area (Å²) < 4.78 is 0. The minimum absolute atomic E-state index is 0.0101. The summed E-state index contributed by atoms with van der Waals surface area (Å²) in [4.78, 5) is 4.86. The Labute approximate surface area is 199 Å². The Kier molecular flexibility index (Phi) is 6.28. The number of nitrogens with zero attached hydrogens (tertiary/aromatic N) is 2. The average molecular weight is 443 g/mol. The van der Waals surface area contributed by atoms with E-state index >= 15 is 0 Å². The molecule has 33 heavy (non-hydrogen) atoms. The van der Waals surface area contributed by atoms with Crippen LogP contribution >= 0.6 is 0 Å². The second-order valence-electron chi connectivity index (χ2n) is 10.2. The number of hydrogen-bond donors (Lipinski definition) is 1. The largest absolute Gasteiger partial charge is 0.392 e. The quantitative estimate of drug-likeness (QED) is 0.528. The van der Waals surface area contributed by atoms with Gasteiger partial charge >= 0.3 is 0 Å². The number of allylic oxidation sites excluding steroid dienone is 3. The lowest BCUT2D eigenvalue weighted by Gasteiger charge is -2.31. The lowest BCUT2D eigenvalue weighted by atomic mass is 9.80. The van der Waals surface area contributed by atoms with E-state index in [2.05, 4.69) is 124 Å². The van der Waals surface area contributed by atoms with E-state index in [1.807, 2.05) is 0 Å². The standard InChI is InChI=1S/C30H38N2O/c1-7-31-25-15-11-9-13-23(25)29(3,4)27(31)19-17-22(21-33)18-20-28-30(5,6)24-14-10-12-16-26(24)32(28)8-2/h9-20,27,33H,7-8,21H2,1-6H3/b19-17+,22-18-,28-20+. The predicted molar refractivity (Wildman–Crippen MR) is 141 cm³/mol. The van der Waals surface area contributed by atoms with Crippen molar-refractivity contribution in [2.24, 2.45) is 0 Å². The summed E-state index contributed by atoms with van der Waals surface area (Å²) in [6.45, 7) is 15.5. The summed E-state index contributed by atoms with van der Waals surface area (Å²) >= 11 is 0. The van der Waals surface area contributed by atoms with E-state index in [9.17, 15) is 5.11 Å². The average Bonchev–Trinajstić information content (AvgIpc) is 3.17. The molecule has 2 aromatic carbocycles. The first-order valence-electron chi connectivity index (χ1n) is 12.2. The summed E-state index contributed by atoms with van der Waals surface area (Å²) in [5, 5.41) is 10.2. The monoisotopic (exact) mass is 442 g/mol. The number of hydrogen-bond acceptors (Lipinski definition) is 3. The van der Waals surface area contributed by atoms with Crippen molar-refractivity contribution in [3.05, 3.63) is 95.2 Å². The van der Waals surface area contributed by atoms with E-state index in [4.69, 9.17) is 0 Å². The molecule has 0 aromatic heterocycles. The smallest absolute Gasteiger partial charge is 0.0681 e. The van der Waals surface area contributed by atoms with Crippen LogP contribution in [0.15, 0.2) is 84.1 Å². The number of para-hydroxylation sites is 2. The molecule has 0 aliphatic carbocycles. The number of aliphatic hydroxyl groups excluding tert-OH is 1. The Morgan fingerprint density at radius 3 is 2.18 bits per heavy atom. The van der Waals surface area contributed by atoms with Crippen molar-refractivity contribution < 1.29 is 5.11 Å². The van der Waals surface area contributed by atoms with Crippen LogP contribution in [-0.2, 0) is 10.8 Å². The highest BCUT2D eigenvalue weighted by Gasteiger charge is 2.42. The van der Waals surface area contributed by atoms with E-state index in [1.54, 1.807) is 0 Å². The Morgan fingerprint density at radius 2 is 1.55 bits per heavy atom. The van der Waals surface area contributed by atoms with Crippen LogP contribution < -0.4 is 9.80 Å². The van der Waals surface area contributed by atoms with Crippen LogP contribution in [0.3, 0.4) is 0 Å². The second kappa shape index (κ2) is 8.87. The third-order valence-electron chi connectivity index (χ3n) is 7.57. The minimum Gasteiger partial charge on any atom is -0.392 e. The van der Waals surface area contributed by atoms with Crippen molar-refractivity contribution in [3.8, 4) is 0 Å². The summed E-state index contributed by atoms with van der Waals surface area (Å²) in [7, 11) is 0. The fraction of sp³-hybridized carbons (Fsp3) is 0.400. The molecule has 2 aliphatic heterocycles. The molecule has 0 bridgehead atoms. The molecular formula is C30H38N2O. The van der Waals surface area contributed by atoms with Gasteiger partial charge < -0.3 is 14.9 Å². The van der Waals surface area contributed by atoms with Gasteiger partial charge in [-0.15, -0.1) is 0 Å². The molecular weight excluding hydrogens is 404 g/mol. The van der Waals surface area contributed by atoms with Crippen molar-refractivity contribution in [2.45, 2.75) is 58.4 Å². The van der Waals surface area contributed by atoms with Crippen molar-refractivity contribution >= 4 is 11.4 Å². The molecule has 0 saturated heterocycles. The molecule has 3 nitrogen and oxygen atoms in total. The number of likely N-dealkylation sites (N-methyl/N-ethyl adjacent to an activating group) is 2. The van der Waals surface area contributed by atoms with Gasteiger partial charge in [0, 0.05) is 41.0 Å². The molecule has 174 valence electrons. The van der Waals surface area contributed by atoms with Gasteiger partial charge in [-0.25, -0.2) is 0 Å². The molecule has 0 radical (unpaired) electrons. The van der Waals surface area contributed by atoms with Gasteiger partial charge in [0.25, 0.3) is 0 Å². The topological polar surface area (TPSA) is 26.7 Å². The highest BCUT2D eigenvalue weighted by atomic mass is 16.3. The highest BCUT2D eigenvalue weighted by molar-refractivity contribution is 5.70. The first kappa shape index (κ1) is 23.4. The molecule has 2 aromatic rings. The molecule has 0 spiro atoms. The van der Waals surface area contributed by atoms with Crippen LogP contribution in [0, 0.1) is 0 Å². The van der Waals surface area contributed by atoms with Crippen LogP contribution in [0.4, 0.5) is 11.4 Å². The van der Waals surface area contributed by atoms with Gasteiger partial charge in [0.05, 0.1) is 12.6 Å². The third-order valence-corrected chi connectivity index (χ3v) is 7.57. The summed E-state index contributed by atoms with van der Waals surface area (Å²) in [6.07, 6.45) is 8.68. The predicted octanol–water partition coefficient (Wildman–Crippen LogP) is 6.35. The molecule has 1 N–H and O–H groups in total. The van der Waals surface area contributed by atoms with E-state index < -0.39 is 0 Å². The summed E-state index contributed by atoms with van der Waals surface area (Å²) in [5.74, 6) is 0. The second-order valence-corrected chi connectivity index (χ2v) is 10.2. The molecule has 2 heterocycles. The van der Waals surface area contributed by atoms with E-state index in [0.29, 0.717) is 0 Å². The zero-order valence-corrected chi connectivity index (χ0v) is 21.0. The molecule has 0 fully saturated rings. The van der Waals surface area contributed by atoms with Crippen molar-refractivity contribution in [3.63, 3.8) is 0 Å². The van der Waals surface area contributed by atoms with Gasteiger partial charge in [0.1, 0.15) is 0 Å². The molecule has 3 heteroatoms. The number of benzene rings is 2. The van der Waals surface area contributed by atoms with Crippen LogP contribution in [0.1, 0.15) is 52.7 Å². The maximum absolute atomic E-state index is 10.2. The Morgan fingerprint density at radius 1 is 0.909 bits per heavy atom. The lowest BCUT2D eigenvalue weighted by molar-refractivity contribution is 0.335. The van der Waals surface area contributed by atoms with Gasteiger partial charge in [-0.2, -0.15) is 0 Å². The Hall–Kier alpha value is -2.78. The SMILES string of the molecule is CCN1/C(=C/C=C(/C=C/C2N(CC)c3ccccc3C2(C)C)CO)C(C)(C)c2ccccc21. The normalized spacial score (nSPS) is 22.3. The maximum atomic E-state index is 10.2. The van der Waals surface area contributed by atoms with Crippen LogP contribution in [0.5, 0.6) is 0 Å². The van der Waals surface area contributed by atoms with Crippen molar-refractivity contribution in [1.29, 1.82) is 0 Å². The van der Waals surface area contributed by atoms with Gasteiger partial charge in [0.2, 0.25) is 0 Å².